The van der Waals surface area contributed by atoms with Crippen molar-refractivity contribution in [2.75, 3.05) is 6.54 Å². The van der Waals surface area contributed by atoms with E-state index in [0.29, 0.717) is 6.42 Å². The highest BCUT2D eigenvalue weighted by Crippen LogP contribution is 1.96. The fourth-order valence-electron chi connectivity index (χ4n) is 1.06. The molecule has 0 saturated heterocycles. The lowest BCUT2D eigenvalue weighted by Crippen LogP contribution is -2.51. The number of carboxylic acid groups (broad SMARTS) is 2. The second-order valence-corrected chi connectivity index (χ2v) is 3.67. The zero-order valence-electron chi connectivity index (χ0n) is 9.97. The molecule has 0 aliphatic heterocycles. The average Bonchev–Trinajstić information content (AvgIpc) is 2.26. The van der Waals surface area contributed by atoms with Crippen LogP contribution in [0.4, 0.5) is 4.79 Å². The predicted octanol–water partition coefficient (Wildman–Crippen LogP) is -1.54. The Morgan fingerprint density at radius 2 is 1.78 bits per heavy atom. The average molecular weight is 262 g/mol. The van der Waals surface area contributed by atoms with Gasteiger partial charge in [-0.2, -0.15) is 0 Å². The van der Waals surface area contributed by atoms with Gasteiger partial charge in [-0.1, -0.05) is 0 Å². The molecule has 104 valence electrons. The molecule has 0 heterocycles. The molecule has 0 spiro atoms. The standard InChI is InChI=1S/C9H18N4O5/c1-5(7(14)15)12-13-6(8(16)17)3-2-4-11-9(10)18/h5-6,12-13H,2-4H2,1H3,(H,14,15)(H,16,17)(H3,10,11,18)/t5-,6-/m0/s1. The Morgan fingerprint density at radius 3 is 2.22 bits per heavy atom. The molecule has 0 radical (unpaired) electrons. The predicted molar refractivity (Wildman–Crippen MR) is 61.6 cm³/mol. The summed E-state index contributed by atoms with van der Waals surface area (Å²) in [7, 11) is 0. The maximum atomic E-state index is 10.8. The molecular formula is C9H18N4O5. The minimum absolute atomic E-state index is 0.217. The van der Waals surface area contributed by atoms with Gasteiger partial charge in [0.05, 0.1) is 0 Å². The van der Waals surface area contributed by atoms with E-state index in [2.05, 4.69) is 16.2 Å². The number of rotatable bonds is 9. The van der Waals surface area contributed by atoms with Crippen LogP contribution in [0.1, 0.15) is 19.8 Å². The molecule has 0 bridgehead atoms. The molecule has 0 aromatic rings. The number of carbonyl (C=O) groups excluding carboxylic acids is 1. The van der Waals surface area contributed by atoms with Crippen LogP contribution in [0.5, 0.6) is 0 Å². The number of urea groups is 1. The third kappa shape index (κ3) is 7.41. The monoisotopic (exact) mass is 262 g/mol. The quantitative estimate of drug-likeness (QED) is 0.217. The van der Waals surface area contributed by atoms with Crippen molar-refractivity contribution in [1.29, 1.82) is 0 Å². The Balaban J connectivity index is 3.96. The van der Waals surface area contributed by atoms with Crippen molar-refractivity contribution in [2.24, 2.45) is 5.73 Å². The minimum Gasteiger partial charge on any atom is -0.480 e. The topological polar surface area (TPSA) is 154 Å². The zero-order chi connectivity index (χ0) is 14.1. The number of primary amides is 1. The van der Waals surface area contributed by atoms with E-state index in [0.717, 1.165) is 0 Å². The Bertz CT molecular complexity index is 309. The van der Waals surface area contributed by atoms with Gasteiger partial charge in [0, 0.05) is 6.54 Å². The third-order valence-corrected chi connectivity index (χ3v) is 2.11. The first kappa shape index (κ1) is 16.1. The lowest BCUT2D eigenvalue weighted by molar-refractivity contribution is -0.142. The number of carboxylic acids is 2. The largest absolute Gasteiger partial charge is 0.480 e. The maximum absolute atomic E-state index is 10.8. The van der Waals surface area contributed by atoms with Crippen molar-refractivity contribution in [2.45, 2.75) is 31.8 Å². The zero-order valence-corrected chi connectivity index (χ0v) is 9.97. The van der Waals surface area contributed by atoms with Crippen molar-refractivity contribution < 1.29 is 24.6 Å². The summed E-state index contributed by atoms with van der Waals surface area (Å²) in [5.74, 6) is -2.21. The maximum Gasteiger partial charge on any atom is 0.322 e. The number of hydrogen-bond donors (Lipinski definition) is 6. The molecule has 0 rings (SSSR count). The lowest BCUT2D eigenvalue weighted by Gasteiger charge is -2.17. The summed E-state index contributed by atoms with van der Waals surface area (Å²) >= 11 is 0. The van der Waals surface area contributed by atoms with Gasteiger partial charge in [0.25, 0.3) is 0 Å². The molecule has 7 N–H and O–H groups in total. The molecule has 9 nitrogen and oxygen atoms in total. The molecule has 0 aliphatic carbocycles. The molecule has 0 fully saturated rings. The number of aliphatic carboxylic acids is 2. The van der Waals surface area contributed by atoms with E-state index in [9.17, 15) is 14.4 Å². The molecule has 2 amide bonds. The molecule has 9 heteroatoms. The van der Waals surface area contributed by atoms with E-state index in [4.69, 9.17) is 15.9 Å². The van der Waals surface area contributed by atoms with Gasteiger partial charge in [-0.3, -0.25) is 9.59 Å². The third-order valence-electron chi connectivity index (χ3n) is 2.11. The van der Waals surface area contributed by atoms with Crippen LogP contribution < -0.4 is 21.9 Å². The Hall–Kier alpha value is -1.87. The van der Waals surface area contributed by atoms with Crippen LogP contribution in [0, 0.1) is 0 Å². The number of amides is 2. The number of hydrogen-bond acceptors (Lipinski definition) is 5. The fourth-order valence-corrected chi connectivity index (χ4v) is 1.06. The number of hydrazine groups is 1. The number of nitrogens with two attached hydrogens (primary N) is 1. The van der Waals surface area contributed by atoms with Crippen molar-refractivity contribution >= 4 is 18.0 Å². The Kier molecular flexibility index (Phi) is 7.40. The second-order valence-electron chi connectivity index (χ2n) is 3.67. The first-order valence-electron chi connectivity index (χ1n) is 5.34. The Labute approximate surface area is 104 Å². The highest BCUT2D eigenvalue weighted by atomic mass is 16.4. The van der Waals surface area contributed by atoms with Gasteiger partial charge >= 0.3 is 18.0 Å². The van der Waals surface area contributed by atoms with Crippen LogP contribution in [0.15, 0.2) is 0 Å². The SMILES string of the molecule is C[C@H](NN[C@@H](CCCNC(N)=O)C(=O)O)C(=O)O. The van der Waals surface area contributed by atoms with Crippen molar-refractivity contribution in [3.05, 3.63) is 0 Å². The van der Waals surface area contributed by atoms with Gasteiger partial charge in [-0.15, -0.1) is 0 Å². The van der Waals surface area contributed by atoms with Crippen molar-refractivity contribution in [3.8, 4) is 0 Å². The van der Waals surface area contributed by atoms with Gasteiger partial charge < -0.3 is 21.3 Å². The number of carbonyl (C=O) groups is 3. The molecule has 2 atom stereocenters. The summed E-state index contributed by atoms with van der Waals surface area (Å²) in [5.41, 5.74) is 9.63. The molecule has 0 saturated carbocycles. The first-order valence-corrected chi connectivity index (χ1v) is 5.34. The van der Waals surface area contributed by atoms with Gasteiger partial charge in [-0.25, -0.2) is 15.6 Å². The molecule has 0 aromatic heterocycles. The normalized spacial score (nSPS) is 13.6. The first-order chi connectivity index (χ1) is 8.34. The van der Waals surface area contributed by atoms with Crippen molar-refractivity contribution in [3.63, 3.8) is 0 Å². The van der Waals surface area contributed by atoms with E-state index in [1.807, 2.05) is 0 Å². The van der Waals surface area contributed by atoms with Gasteiger partial charge in [-0.05, 0) is 19.8 Å². The van der Waals surface area contributed by atoms with Crippen LogP contribution >= 0.6 is 0 Å². The fraction of sp³-hybridized carbons (Fsp3) is 0.667. The highest BCUT2D eigenvalue weighted by Gasteiger charge is 2.18. The summed E-state index contributed by atoms with van der Waals surface area (Å²) in [4.78, 5) is 31.7. The summed E-state index contributed by atoms with van der Waals surface area (Å²) in [6, 6.07) is -2.52. The smallest absolute Gasteiger partial charge is 0.322 e. The second kappa shape index (κ2) is 8.25. The van der Waals surface area contributed by atoms with Gasteiger partial charge in [0.2, 0.25) is 0 Å². The summed E-state index contributed by atoms with van der Waals surface area (Å²) in [5, 5.41) is 19.8. The van der Waals surface area contributed by atoms with E-state index in [1.165, 1.54) is 6.92 Å². The molecule has 0 unspecified atom stereocenters. The van der Waals surface area contributed by atoms with Crippen molar-refractivity contribution in [1.82, 2.24) is 16.2 Å². The van der Waals surface area contributed by atoms with Crippen LogP contribution in [0.25, 0.3) is 0 Å². The van der Waals surface area contributed by atoms with Crippen LogP contribution in [0.2, 0.25) is 0 Å². The molecular weight excluding hydrogens is 244 g/mol. The van der Waals surface area contributed by atoms with Crippen LogP contribution in [0.3, 0.4) is 0 Å². The van der Waals surface area contributed by atoms with E-state index in [1.54, 1.807) is 0 Å². The minimum atomic E-state index is -1.11. The lowest BCUT2D eigenvalue weighted by atomic mass is 10.1. The van der Waals surface area contributed by atoms with Gasteiger partial charge in [0.1, 0.15) is 12.1 Å². The number of nitrogens with one attached hydrogen (secondary N) is 3. The molecule has 0 aliphatic rings. The molecule has 18 heavy (non-hydrogen) atoms. The summed E-state index contributed by atoms with van der Waals surface area (Å²) in [6.45, 7) is 1.64. The summed E-state index contributed by atoms with van der Waals surface area (Å²) < 4.78 is 0. The van der Waals surface area contributed by atoms with E-state index >= 15 is 0 Å². The highest BCUT2D eigenvalue weighted by molar-refractivity contribution is 5.74. The van der Waals surface area contributed by atoms with Crippen LogP contribution in [-0.2, 0) is 9.59 Å². The Morgan fingerprint density at radius 1 is 1.17 bits per heavy atom. The van der Waals surface area contributed by atoms with Gasteiger partial charge in [0.15, 0.2) is 0 Å². The summed E-state index contributed by atoms with van der Waals surface area (Å²) in [6.07, 6.45) is 0.616. The van der Waals surface area contributed by atoms with E-state index in [-0.39, 0.29) is 13.0 Å². The van der Waals surface area contributed by atoms with Crippen LogP contribution in [-0.4, -0.2) is 46.8 Å². The molecule has 0 aromatic carbocycles. The van der Waals surface area contributed by atoms with E-state index < -0.39 is 30.1 Å².